The molecular formula is C12H10F2N2S. The van der Waals surface area contributed by atoms with Crippen molar-refractivity contribution in [2.24, 2.45) is 0 Å². The van der Waals surface area contributed by atoms with Crippen LogP contribution in [-0.4, -0.2) is 9.97 Å². The monoisotopic (exact) mass is 252 g/mol. The molecule has 0 atom stereocenters. The minimum absolute atomic E-state index is 0.340. The van der Waals surface area contributed by atoms with Gasteiger partial charge in [-0.05, 0) is 26.0 Å². The second kappa shape index (κ2) is 4.33. The summed E-state index contributed by atoms with van der Waals surface area (Å²) < 4.78 is 26.6. The third-order valence-corrected chi connectivity index (χ3v) is 2.77. The van der Waals surface area contributed by atoms with E-state index in [9.17, 15) is 8.78 Å². The van der Waals surface area contributed by atoms with Crippen LogP contribution in [-0.2, 0) is 0 Å². The molecule has 0 aliphatic rings. The van der Waals surface area contributed by atoms with E-state index >= 15 is 0 Å². The summed E-state index contributed by atoms with van der Waals surface area (Å²) in [7, 11) is 0. The lowest BCUT2D eigenvalue weighted by Crippen LogP contribution is -1.97. The summed E-state index contributed by atoms with van der Waals surface area (Å²) in [5.74, 6) is -1.29. The first-order valence-electron chi connectivity index (χ1n) is 5.01. The normalized spacial score (nSPS) is 10.6. The van der Waals surface area contributed by atoms with E-state index in [2.05, 4.69) is 9.97 Å². The highest BCUT2D eigenvalue weighted by Crippen LogP contribution is 2.21. The fraction of sp³-hybridized carbons (Fsp3) is 0.167. The predicted octanol–water partition coefficient (Wildman–Crippen LogP) is 3.70. The number of halogens is 2. The molecule has 2 rings (SSSR count). The highest BCUT2D eigenvalue weighted by atomic mass is 32.1. The van der Waals surface area contributed by atoms with Crippen LogP contribution in [0.5, 0.6) is 0 Å². The van der Waals surface area contributed by atoms with Gasteiger partial charge < -0.3 is 4.98 Å². The molecule has 88 valence electrons. The number of aryl methyl sites for hydroxylation is 2. The smallest absolute Gasteiger partial charge is 0.130 e. The molecule has 0 fully saturated rings. The van der Waals surface area contributed by atoms with Gasteiger partial charge in [0.1, 0.15) is 22.0 Å². The zero-order valence-corrected chi connectivity index (χ0v) is 10.2. The fourth-order valence-corrected chi connectivity index (χ4v) is 1.83. The average Bonchev–Trinajstić information content (AvgIpc) is 2.22. The lowest BCUT2D eigenvalue weighted by atomic mass is 10.1. The molecule has 0 radical (unpaired) electrons. The highest BCUT2D eigenvalue weighted by Gasteiger charge is 2.08. The van der Waals surface area contributed by atoms with Crippen molar-refractivity contribution >= 4 is 12.2 Å². The molecule has 1 heterocycles. The van der Waals surface area contributed by atoms with Crippen LogP contribution in [0.25, 0.3) is 11.3 Å². The van der Waals surface area contributed by atoms with E-state index in [4.69, 9.17) is 12.2 Å². The SMILES string of the molecule is Cc1nc(-c2cc(F)cc(F)c2)c(=S)[nH]c1C. The van der Waals surface area contributed by atoms with E-state index in [-0.39, 0.29) is 0 Å². The van der Waals surface area contributed by atoms with Crippen molar-refractivity contribution in [1.29, 1.82) is 0 Å². The van der Waals surface area contributed by atoms with Crippen molar-refractivity contribution < 1.29 is 8.78 Å². The predicted molar refractivity (Wildman–Crippen MR) is 64.2 cm³/mol. The van der Waals surface area contributed by atoms with Crippen LogP contribution in [0.4, 0.5) is 8.78 Å². The van der Waals surface area contributed by atoms with Gasteiger partial charge in [0.2, 0.25) is 0 Å². The average molecular weight is 252 g/mol. The van der Waals surface area contributed by atoms with Crippen molar-refractivity contribution in [3.8, 4) is 11.3 Å². The molecule has 1 aromatic carbocycles. The van der Waals surface area contributed by atoms with E-state index in [1.54, 1.807) is 6.92 Å². The molecule has 1 aromatic heterocycles. The molecule has 0 amide bonds. The Labute approximate surface area is 102 Å². The molecule has 0 aliphatic heterocycles. The summed E-state index contributed by atoms with van der Waals surface area (Å²) in [6.45, 7) is 3.65. The van der Waals surface area contributed by atoms with Crippen molar-refractivity contribution in [2.45, 2.75) is 13.8 Å². The third kappa shape index (κ3) is 2.39. The minimum atomic E-state index is -0.644. The molecule has 0 unspecified atom stereocenters. The first-order chi connectivity index (χ1) is 7.97. The summed E-state index contributed by atoms with van der Waals surface area (Å²) in [6.07, 6.45) is 0. The lowest BCUT2D eigenvalue weighted by Gasteiger charge is -2.06. The minimum Gasteiger partial charge on any atom is -0.347 e. The van der Waals surface area contributed by atoms with Gasteiger partial charge in [-0.2, -0.15) is 0 Å². The van der Waals surface area contributed by atoms with Gasteiger partial charge in [-0.1, -0.05) is 12.2 Å². The second-order valence-corrected chi connectivity index (χ2v) is 4.19. The molecule has 0 bridgehead atoms. The zero-order valence-electron chi connectivity index (χ0n) is 9.34. The van der Waals surface area contributed by atoms with Crippen LogP contribution in [0.3, 0.4) is 0 Å². The lowest BCUT2D eigenvalue weighted by molar-refractivity contribution is 0.584. The van der Waals surface area contributed by atoms with Gasteiger partial charge in [-0.25, -0.2) is 13.8 Å². The van der Waals surface area contributed by atoms with Crippen LogP contribution in [0.2, 0.25) is 0 Å². The molecule has 5 heteroatoms. The summed E-state index contributed by atoms with van der Waals surface area (Å²) in [5, 5.41) is 0. The second-order valence-electron chi connectivity index (χ2n) is 3.78. The number of aromatic amines is 1. The van der Waals surface area contributed by atoms with Gasteiger partial charge in [0, 0.05) is 17.3 Å². The number of hydrogen-bond acceptors (Lipinski definition) is 2. The number of benzene rings is 1. The van der Waals surface area contributed by atoms with Crippen LogP contribution in [0.15, 0.2) is 18.2 Å². The quantitative estimate of drug-likeness (QED) is 0.784. The molecule has 2 aromatic rings. The Balaban J connectivity index is 2.68. The first-order valence-corrected chi connectivity index (χ1v) is 5.42. The summed E-state index contributed by atoms with van der Waals surface area (Å²) >= 11 is 5.10. The first kappa shape index (κ1) is 11.9. The molecule has 0 saturated carbocycles. The van der Waals surface area contributed by atoms with Crippen LogP contribution >= 0.6 is 12.2 Å². The van der Waals surface area contributed by atoms with Crippen LogP contribution < -0.4 is 0 Å². The van der Waals surface area contributed by atoms with Crippen molar-refractivity contribution in [2.75, 3.05) is 0 Å². The third-order valence-electron chi connectivity index (χ3n) is 2.47. The molecular weight excluding hydrogens is 242 g/mol. The maximum atomic E-state index is 13.1. The van der Waals surface area contributed by atoms with E-state index in [1.807, 2.05) is 6.92 Å². The number of rotatable bonds is 1. The maximum absolute atomic E-state index is 13.1. The van der Waals surface area contributed by atoms with Gasteiger partial charge in [0.25, 0.3) is 0 Å². The van der Waals surface area contributed by atoms with Crippen LogP contribution in [0, 0.1) is 30.1 Å². The van der Waals surface area contributed by atoms with Crippen molar-refractivity contribution in [3.05, 3.63) is 45.9 Å². The summed E-state index contributed by atoms with van der Waals surface area (Å²) in [6, 6.07) is 3.24. The molecule has 0 saturated heterocycles. The molecule has 17 heavy (non-hydrogen) atoms. The van der Waals surface area contributed by atoms with Crippen molar-refractivity contribution in [1.82, 2.24) is 9.97 Å². The molecule has 0 aliphatic carbocycles. The van der Waals surface area contributed by atoms with Gasteiger partial charge >= 0.3 is 0 Å². The molecule has 1 N–H and O–H groups in total. The van der Waals surface area contributed by atoms with Gasteiger partial charge in [-0.3, -0.25) is 0 Å². The fourth-order valence-electron chi connectivity index (χ4n) is 1.51. The van der Waals surface area contributed by atoms with Gasteiger partial charge in [0.05, 0.1) is 5.69 Å². The number of aromatic nitrogens is 2. The number of nitrogens with one attached hydrogen (secondary N) is 1. The number of nitrogens with zero attached hydrogens (tertiary/aromatic N) is 1. The van der Waals surface area contributed by atoms with E-state index in [0.717, 1.165) is 17.5 Å². The maximum Gasteiger partial charge on any atom is 0.130 e. The molecule has 0 spiro atoms. The van der Waals surface area contributed by atoms with E-state index in [1.165, 1.54) is 12.1 Å². The van der Waals surface area contributed by atoms with Crippen LogP contribution in [0.1, 0.15) is 11.4 Å². The van der Waals surface area contributed by atoms with Gasteiger partial charge in [0.15, 0.2) is 0 Å². The topological polar surface area (TPSA) is 28.7 Å². The Morgan fingerprint density at radius 3 is 2.29 bits per heavy atom. The number of H-pyrrole nitrogens is 1. The Morgan fingerprint density at radius 2 is 1.71 bits per heavy atom. The molecule has 2 nitrogen and oxygen atoms in total. The highest BCUT2D eigenvalue weighted by molar-refractivity contribution is 7.71. The summed E-state index contributed by atoms with van der Waals surface area (Å²) in [5.41, 5.74) is 2.32. The Morgan fingerprint density at radius 1 is 1.12 bits per heavy atom. The Hall–Kier alpha value is -1.62. The Kier molecular flexibility index (Phi) is 3.02. The van der Waals surface area contributed by atoms with Crippen molar-refractivity contribution in [3.63, 3.8) is 0 Å². The largest absolute Gasteiger partial charge is 0.347 e. The number of hydrogen-bond donors (Lipinski definition) is 1. The van der Waals surface area contributed by atoms with E-state index in [0.29, 0.717) is 15.9 Å². The summed E-state index contributed by atoms with van der Waals surface area (Å²) in [4.78, 5) is 7.21. The Bertz CT molecular complexity index is 615. The van der Waals surface area contributed by atoms with E-state index < -0.39 is 11.6 Å². The van der Waals surface area contributed by atoms with Gasteiger partial charge in [-0.15, -0.1) is 0 Å². The zero-order chi connectivity index (χ0) is 12.6. The standard InChI is InChI=1S/C12H10F2N2S/c1-6-7(2)16-12(17)11(15-6)8-3-9(13)5-10(14)4-8/h3-5H,1-2H3,(H,16,17).